The lowest BCUT2D eigenvalue weighted by atomic mass is 10.1. The van der Waals surface area contributed by atoms with Crippen molar-refractivity contribution in [2.75, 3.05) is 0 Å². The van der Waals surface area contributed by atoms with Crippen LogP contribution in [0.2, 0.25) is 0 Å². The van der Waals surface area contributed by atoms with Crippen LogP contribution in [0.25, 0.3) is 12.2 Å². The molecule has 0 amide bonds. The fraction of sp³-hybridized carbons (Fsp3) is 0. The Morgan fingerprint density at radius 2 is 1.29 bits per heavy atom. The maximum atomic E-state index is 13.1. The molecule has 0 nitrogen and oxygen atoms in total. The molecular formula is C14H10F6S. The lowest BCUT2D eigenvalue weighted by Crippen LogP contribution is -2.08. The smallest absolute Gasteiger partial charge is 0.205 e. The Labute approximate surface area is 117 Å². The highest BCUT2D eigenvalue weighted by Gasteiger charge is 2.67. The van der Waals surface area contributed by atoms with E-state index in [9.17, 15) is 23.8 Å². The second-order valence-corrected chi connectivity index (χ2v) is 6.78. The Balaban J connectivity index is 2.44. The van der Waals surface area contributed by atoms with Crippen molar-refractivity contribution in [1.82, 2.24) is 0 Å². The summed E-state index contributed by atoms with van der Waals surface area (Å²) in [4.78, 5) is -2.50. The van der Waals surface area contributed by atoms with Crippen LogP contribution in [0, 0.1) is 5.82 Å². The quantitative estimate of drug-likeness (QED) is 0.438. The lowest BCUT2D eigenvalue weighted by Gasteiger charge is -2.40. The highest BCUT2D eigenvalue weighted by atomic mass is 32.5. The maximum Gasteiger partial charge on any atom is 0.313 e. The van der Waals surface area contributed by atoms with Crippen molar-refractivity contribution in [1.29, 1.82) is 0 Å². The Morgan fingerprint density at radius 3 is 1.86 bits per heavy atom. The van der Waals surface area contributed by atoms with Gasteiger partial charge in [-0.3, -0.25) is 0 Å². The number of halogens is 6. The van der Waals surface area contributed by atoms with E-state index in [1.807, 2.05) is 0 Å². The lowest BCUT2D eigenvalue weighted by molar-refractivity contribution is 0.355. The third kappa shape index (κ3) is 4.04. The molecule has 0 aliphatic carbocycles. The van der Waals surface area contributed by atoms with E-state index in [0.717, 1.165) is 6.07 Å². The second kappa shape index (κ2) is 4.30. The predicted octanol–water partition coefficient (Wildman–Crippen LogP) is 6.65. The first-order valence-corrected chi connectivity index (χ1v) is 7.68. The van der Waals surface area contributed by atoms with Crippen molar-refractivity contribution in [2.24, 2.45) is 0 Å². The van der Waals surface area contributed by atoms with Gasteiger partial charge in [-0.1, -0.05) is 68.0 Å². The molecule has 0 bridgehead atoms. The summed E-state index contributed by atoms with van der Waals surface area (Å²) in [6.07, 6.45) is 2.66. The molecule has 21 heavy (non-hydrogen) atoms. The topological polar surface area (TPSA) is 0 Å². The van der Waals surface area contributed by atoms with Crippen LogP contribution in [0.5, 0.6) is 0 Å². The number of benzene rings is 2. The zero-order chi connectivity index (χ0) is 15.8. The minimum absolute atomic E-state index is 0.121. The molecule has 0 spiro atoms. The Hall–Kier alpha value is -1.89. The molecule has 2 aromatic carbocycles. The van der Waals surface area contributed by atoms with Crippen LogP contribution >= 0.6 is 10.2 Å². The minimum Gasteiger partial charge on any atom is -0.205 e. The number of hydrogen-bond acceptors (Lipinski definition) is 0. The van der Waals surface area contributed by atoms with E-state index in [2.05, 4.69) is 0 Å². The van der Waals surface area contributed by atoms with Crippen LogP contribution in [-0.2, 0) is 0 Å². The van der Waals surface area contributed by atoms with E-state index < -0.39 is 20.9 Å². The third-order valence-corrected chi connectivity index (χ3v) is 3.78. The average Bonchev–Trinajstić information content (AvgIpc) is 2.36. The van der Waals surface area contributed by atoms with Gasteiger partial charge in [0.25, 0.3) is 0 Å². The number of hydrogen-bond donors (Lipinski definition) is 0. The molecule has 2 rings (SSSR count). The van der Waals surface area contributed by atoms with Crippen LogP contribution in [0.4, 0.5) is 23.8 Å². The van der Waals surface area contributed by atoms with E-state index >= 15 is 0 Å². The second-order valence-electron chi connectivity index (χ2n) is 4.40. The first-order chi connectivity index (χ1) is 9.45. The van der Waals surface area contributed by atoms with Crippen molar-refractivity contribution in [2.45, 2.75) is 4.90 Å². The first-order valence-electron chi connectivity index (χ1n) is 5.72. The molecule has 0 aliphatic heterocycles. The van der Waals surface area contributed by atoms with Gasteiger partial charge in [0.05, 0.1) is 0 Å². The molecule has 0 fully saturated rings. The Bertz CT molecular complexity index is 689. The van der Waals surface area contributed by atoms with Gasteiger partial charge in [-0.2, -0.15) is 0 Å². The monoisotopic (exact) mass is 324 g/mol. The van der Waals surface area contributed by atoms with Gasteiger partial charge in [-0.25, -0.2) is 4.39 Å². The maximum absolute atomic E-state index is 13.1. The summed E-state index contributed by atoms with van der Waals surface area (Å²) >= 11 is 0. The minimum atomic E-state index is -10.0. The van der Waals surface area contributed by atoms with Crippen molar-refractivity contribution in [3.63, 3.8) is 0 Å². The largest absolute Gasteiger partial charge is 0.313 e. The molecule has 0 N–H and O–H groups in total. The molecule has 114 valence electrons. The van der Waals surface area contributed by atoms with E-state index in [-0.39, 0.29) is 11.6 Å². The van der Waals surface area contributed by atoms with Gasteiger partial charge in [0.15, 0.2) is 0 Å². The summed E-state index contributed by atoms with van der Waals surface area (Å²) in [5, 5.41) is 0. The van der Waals surface area contributed by atoms with Gasteiger partial charge in [0.2, 0.25) is 0 Å². The van der Waals surface area contributed by atoms with Crippen LogP contribution in [-0.4, -0.2) is 0 Å². The molecule has 0 heterocycles. The zero-order valence-corrected chi connectivity index (χ0v) is 11.3. The summed E-state index contributed by atoms with van der Waals surface area (Å²) in [7, 11) is -10.0. The standard InChI is InChI=1S/C14H10F6S/c15-13-9-8-12(7-6-11-4-2-1-3-5-11)10-14(13)21(16,17,18,19)20/h1-10H. The summed E-state index contributed by atoms with van der Waals surface area (Å²) in [6, 6.07) is 10.1. The van der Waals surface area contributed by atoms with Crippen LogP contribution in [0.1, 0.15) is 11.1 Å². The fourth-order valence-electron chi connectivity index (χ4n) is 1.68. The first kappa shape index (κ1) is 15.5. The van der Waals surface area contributed by atoms with Gasteiger partial charge in [-0.15, -0.1) is 0 Å². The third-order valence-electron chi connectivity index (χ3n) is 2.64. The Morgan fingerprint density at radius 1 is 0.714 bits per heavy atom. The molecule has 2 aromatic rings. The molecule has 0 aliphatic rings. The SMILES string of the molecule is Fc1ccc(C=Cc2ccccc2)cc1S(F)(F)(F)(F)F. The average molecular weight is 324 g/mol. The molecule has 0 saturated heterocycles. The fourth-order valence-corrected chi connectivity index (χ4v) is 2.47. The summed E-state index contributed by atoms with van der Waals surface area (Å²) in [5.41, 5.74) is 0.513. The highest BCUT2D eigenvalue weighted by molar-refractivity contribution is 8.45. The molecule has 0 atom stereocenters. The van der Waals surface area contributed by atoms with Crippen molar-refractivity contribution in [3.05, 3.63) is 65.5 Å². The molecule has 0 unspecified atom stereocenters. The van der Waals surface area contributed by atoms with Gasteiger partial charge in [0.1, 0.15) is 10.7 Å². The van der Waals surface area contributed by atoms with Crippen LogP contribution in [0.15, 0.2) is 53.4 Å². The zero-order valence-electron chi connectivity index (χ0n) is 10.4. The predicted molar refractivity (Wildman–Crippen MR) is 73.2 cm³/mol. The van der Waals surface area contributed by atoms with Gasteiger partial charge < -0.3 is 0 Å². The van der Waals surface area contributed by atoms with E-state index in [0.29, 0.717) is 11.6 Å². The van der Waals surface area contributed by atoms with Crippen molar-refractivity contribution >= 4 is 22.4 Å². The van der Waals surface area contributed by atoms with Gasteiger partial charge >= 0.3 is 10.2 Å². The molecule has 0 aromatic heterocycles. The van der Waals surface area contributed by atoms with Gasteiger partial charge in [0, 0.05) is 0 Å². The summed E-state index contributed by atoms with van der Waals surface area (Å²) in [5.74, 6) is -1.98. The summed E-state index contributed by atoms with van der Waals surface area (Å²) in [6.45, 7) is 0. The van der Waals surface area contributed by atoms with Crippen molar-refractivity contribution < 1.29 is 23.8 Å². The van der Waals surface area contributed by atoms with E-state index in [1.54, 1.807) is 30.3 Å². The van der Waals surface area contributed by atoms with Crippen LogP contribution in [0.3, 0.4) is 0 Å². The van der Waals surface area contributed by atoms with Crippen LogP contribution < -0.4 is 0 Å². The molecule has 0 saturated carbocycles. The number of rotatable bonds is 3. The normalized spacial score (nSPS) is 15.7. The van der Waals surface area contributed by atoms with Crippen molar-refractivity contribution in [3.8, 4) is 0 Å². The molecule has 0 radical (unpaired) electrons. The summed E-state index contributed by atoms with van der Waals surface area (Å²) < 4.78 is 76.6. The Kier molecular flexibility index (Phi) is 3.17. The van der Waals surface area contributed by atoms with E-state index in [1.165, 1.54) is 12.2 Å². The highest BCUT2D eigenvalue weighted by Crippen LogP contribution is 3.02. The van der Waals surface area contributed by atoms with Gasteiger partial charge in [-0.05, 0) is 23.3 Å². The molecular weight excluding hydrogens is 314 g/mol. The van der Waals surface area contributed by atoms with E-state index in [4.69, 9.17) is 0 Å². The molecule has 7 heteroatoms.